The second-order valence-corrected chi connectivity index (χ2v) is 9.03. The smallest absolute Gasteiger partial charge is 0.296 e. The van der Waals surface area contributed by atoms with Gasteiger partial charge in [-0.25, -0.2) is 9.37 Å². The summed E-state index contributed by atoms with van der Waals surface area (Å²) in [7, 11) is 0. The summed E-state index contributed by atoms with van der Waals surface area (Å²) in [4.78, 5) is 42.9. The molecule has 32 heavy (non-hydrogen) atoms. The number of amides is 2. The van der Waals surface area contributed by atoms with Crippen LogP contribution in [-0.4, -0.2) is 26.5 Å². The number of aromatic hydroxyl groups is 1. The van der Waals surface area contributed by atoms with Gasteiger partial charge in [0.25, 0.3) is 11.5 Å². The lowest BCUT2D eigenvalue weighted by Crippen LogP contribution is -2.51. The molecule has 3 aliphatic rings. The topological polar surface area (TPSA) is 113 Å². The van der Waals surface area contributed by atoms with Crippen LogP contribution in [0.25, 0.3) is 0 Å². The van der Waals surface area contributed by atoms with Gasteiger partial charge in [-0.2, -0.15) is 0 Å². The molecule has 2 bridgehead atoms. The highest BCUT2D eigenvalue weighted by atomic mass is 19.1. The zero-order valence-electron chi connectivity index (χ0n) is 18.2. The number of carbonyl (C=O) groups is 2. The molecule has 8 nitrogen and oxygen atoms in total. The maximum absolute atomic E-state index is 13.1. The molecule has 1 aliphatic carbocycles. The lowest BCUT2D eigenvalue weighted by atomic mass is 9.77. The molecular weight excluding hydrogens is 415 g/mol. The van der Waals surface area contributed by atoms with Crippen molar-refractivity contribution in [3.05, 3.63) is 57.5 Å². The SMILES string of the molecule is CC(C)C(=O)NC12CCC(CC1)Cn1c2nc(C(=O)NCc2ccc(F)cc2)c(O)c1=O. The molecular formula is C23H27FN4O4. The van der Waals surface area contributed by atoms with Crippen molar-refractivity contribution < 1.29 is 19.1 Å². The van der Waals surface area contributed by atoms with Crippen LogP contribution in [0.3, 0.4) is 0 Å². The Morgan fingerprint density at radius 1 is 1.25 bits per heavy atom. The number of hydrogen-bond donors (Lipinski definition) is 3. The Kier molecular flexibility index (Phi) is 5.75. The highest BCUT2D eigenvalue weighted by Crippen LogP contribution is 2.43. The summed E-state index contributed by atoms with van der Waals surface area (Å²) in [6.07, 6.45) is 2.86. The first-order valence-corrected chi connectivity index (χ1v) is 10.9. The van der Waals surface area contributed by atoms with Crippen LogP contribution in [0.4, 0.5) is 4.39 Å². The van der Waals surface area contributed by atoms with Gasteiger partial charge in [0.2, 0.25) is 11.7 Å². The Morgan fingerprint density at radius 3 is 2.53 bits per heavy atom. The minimum Gasteiger partial charge on any atom is -0.501 e. The van der Waals surface area contributed by atoms with Gasteiger partial charge in [0, 0.05) is 19.0 Å². The summed E-state index contributed by atoms with van der Waals surface area (Å²) in [5, 5.41) is 16.2. The van der Waals surface area contributed by atoms with Crippen molar-refractivity contribution in [1.82, 2.24) is 20.2 Å². The molecule has 0 radical (unpaired) electrons. The van der Waals surface area contributed by atoms with Gasteiger partial charge in [-0.3, -0.25) is 19.0 Å². The molecule has 1 aromatic heterocycles. The molecule has 1 fully saturated rings. The van der Waals surface area contributed by atoms with Crippen LogP contribution in [0.15, 0.2) is 29.1 Å². The van der Waals surface area contributed by atoms with Gasteiger partial charge in [-0.05, 0) is 49.3 Å². The van der Waals surface area contributed by atoms with E-state index in [2.05, 4.69) is 15.6 Å². The van der Waals surface area contributed by atoms with E-state index in [0.717, 1.165) is 12.8 Å². The molecule has 2 aliphatic heterocycles. The van der Waals surface area contributed by atoms with Crippen LogP contribution in [-0.2, 0) is 23.4 Å². The van der Waals surface area contributed by atoms with E-state index >= 15 is 0 Å². The number of carbonyl (C=O) groups excluding carboxylic acids is 2. The van der Waals surface area contributed by atoms with Crippen LogP contribution >= 0.6 is 0 Å². The summed E-state index contributed by atoms with van der Waals surface area (Å²) < 4.78 is 14.5. The van der Waals surface area contributed by atoms with E-state index in [0.29, 0.717) is 30.8 Å². The summed E-state index contributed by atoms with van der Waals surface area (Å²) >= 11 is 0. The fourth-order valence-corrected chi connectivity index (χ4v) is 4.50. The van der Waals surface area contributed by atoms with Gasteiger partial charge < -0.3 is 15.7 Å². The van der Waals surface area contributed by atoms with Crippen molar-refractivity contribution in [3.63, 3.8) is 0 Å². The molecule has 2 aromatic rings. The molecule has 1 aromatic carbocycles. The number of aromatic nitrogens is 2. The number of hydrogen-bond acceptors (Lipinski definition) is 5. The average molecular weight is 442 g/mol. The van der Waals surface area contributed by atoms with Crippen LogP contribution in [0, 0.1) is 17.7 Å². The van der Waals surface area contributed by atoms with Crippen molar-refractivity contribution in [2.75, 3.05) is 0 Å². The Balaban J connectivity index is 1.70. The van der Waals surface area contributed by atoms with Crippen molar-refractivity contribution in [2.45, 2.75) is 58.2 Å². The Hall–Kier alpha value is -3.23. The lowest BCUT2D eigenvalue weighted by molar-refractivity contribution is -0.126. The summed E-state index contributed by atoms with van der Waals surface area (Å²) in [5.41, 5.74) is -1.25. The average Bonchev–Trinajstić information content (AvgIpc) is 3.01. The van der Waals surface area contributed by atoms with Gasteiger partial charge in [0.1, 0.15) is 11.6 Å². The number of nitrogens with one attached hydrogen (secondary N) is 2. The monoisotopic (exact) mass is 442 g/mol. The highest BCUT2D eigenvalue weighted by molar-refractivity contribution is 5.94. The molecule has 0 atom stereocenters. The predicted molar refractivity (Wildman–Crippen MR) is 114 cm³/mol. The van der Waals surface area contributed by atoms with E-state index in [4.69, 9.17) is 0 Å². The summed E-state index contributed by atoms with van der Waals surface area (Å²) in [5.74, 6) is -1.64. The second-order valence-electron chi connectivity index (χ2n) is 9.03. The minimum atomic E-state index is -0.854. The van der Waals surface area contributed by atoms with Crippen molar-refractivity contribution in [3.8, 4) is 5.75 Å². The number of benzene rings is 1. The zero-order valence-corrected chi connectivity index (χ0v) is 18.2. The number of halogens is 1. The molecule has 0 saturated heterocycles. The van der Waals surface area contributed by atoms with Crippen LogP contribution in [0.1, 0.15) is 61.4 Å². The molecule has 3 heterocycles. The number of rotatable bonds is 5. The molecule has 1 saturated carbocycles. The fourth-order valence-electron chi connectivity index (χ4n) is 4.50. The second kappa shape index (κ2) is 8.37. The third-order valence-electron chi connectivity index (χ3n) is 6.44. The molecule has 0 spiro atoms. The van der Waals surface area contributed by atoms with Crippen molar-refractivity contribution in [2.24, 2.45) is 11.8 Å². The van der Waals surface area contributed by atoms with Gasteiger partial charge in [0.15, 0.2) is 5.69 Å². The van der Waals surface area contributed by atoms with Gasteiger partial charge in [-0.15, -0.1) is 0 Å². The molecule has 3 N–H and O–H groups in total. The van der Waals surface area contributed by atoms with E-state index in [1.165, 1.54) is 28.8 Å². The Morgan fingerprint density at radius 2 is 1.91 bits per heavy atom. The lowest BCUT2D eigenvalue weighted by Gasteiger charge is -2.37. The molecule has 5 rings (SSSR count). The Labute approximate surface area is 184 Å². The minimum absolute atomic E-state index is 0.0793. The third kappa shape index (κ3) is 3.99. The predicted octanol–water partition coefficient (Wildman–Crippen LogP) is 2.19. The maximum Gasteiger partial charge on any atom is 0.296 e. The van der Waals surface area contributed by atoms with E-state index in [1.807, 2.05) is 0 Å². The zero-order chi connectivity index (χ0) is 23.0. The summed E-state index contributed by atoms with van der Waals surface area (Å²) in [6.45, 7) is 4.06. The standard InChI is InChI=1S/C23H27FN4O4/c1-13(2)19(30)27-23-9-7-15(8-10-23)12-28-21(32)18(29)17(26-22(23)28)20(31)25-11-14-3-5-16(24)6-4-14/h3-6,13,15,29H,7-12H2,1-2H3,(H,25,31)(H,27,30). The normalized spacial score (nSPS) is 21.7. The largest absolute Gasteiger partial charge is 0.501 e. The van der Waals surface area contributed by atoms with E-state index in [-0.39, 0.29) is 35.8 Å². The molecule has 9 heteroatoms. The first kappa shape index (κ1) is 22.0. The Bertz CT molecular complexity index is 1100. The van der Waals surface area contributed by atoms with Crippen LogP contribution in [0.2, 0.25) is 0 Å². The fraction of sp³-hybridized carbons (Fsp3) is 0.478. The van der Waals surface area contributed by atoms with Crippen LogP contribution in [0.5, 0.6) is 5.75 Å². The van der Waals surface area contributed by atoms with Crippen molar-refractivity contribution >= 4 is 11.8 Å². The van der Waals surface area contributed by atoms with Gasteiger partial charge in [0.05, 0.1) is 5.54 Å². The van der Waals surface area contributed by atoms with Gasteiger partial charge >= 0.3 is 0 Å². The van der Waals surface area contributed by atoms with E-state index in [9.17, 15) is 23.9 Å². The molecule has 2 amide bonds. The van der Waals surface area contributed by atoms with E-state index in [1.54, 1.807) is 13.8 Å². The van der Waals surface area contributed by atoms with Crippen LogP contribution < -0.4 is 16.2 Å². The molecule has 170 valence electrons. The van der Waals surface area contributed by atoms with Crippen molar-refractivity contribution in [1.29, 1.82) is 0 Å². The molecule has 0 unspecified atom stereocenters. The first-order valence-electron chi connectivity index (χ1n) is 10.9. The number of nitrogens with zero attached hydrogens (tertiary/aromatic N) is 2. The third-order valence-corrected chi connectivity index (χ3v) is 6.44. The first-order chi connectivity index (χ1) is 15.2. The maximum atomic E-state index is 13.1. The summed E-state index contributed by atoms with van der Waals surface area (Å²) in [6, 6.07) is 5.63. The van der Waals surface area contributed by atoms with Gasteiger partial charge in [-0.1, -0.05) is 26.0 Å². The quantitative estimate of drug-likeness (QED) is 0.657. The highest BCUT2D eigenvalue weighted by Gasteiger charge is 2.46. The number of fused-ring (bicyclic) bond motifs is 2. The van der Waals surface area contributed by atoms with E-state index < -0.39 is 22.8 Å².